The Hall–Kier alpha value is -1.29. The number of benzene rings is 1. The second kappa shape index (κ2) is 5.56. The molecular weight excluding hydrogens is 182 g/mol. The highest BCUT2D eigenvalue weighted by atomic mass is 14.2. The van der Waals surface area contributed by atoms with E-state index in [1.54, 1.807) is 0 Å². The normalized spacial score (nSPS) is 12.1. The fourth-order valence-electron chi connectivity index (χ4n) is 1.84. The van der Waals surface area contributed by atoms with Gasteiger partial charge in [0.1, 0.15) is 0 Å². The summed E-state index contributed by atoms with van der Waals surface area (Å²) in [5.41, 5.74) is 3.28. The van der Waals surface area contributed by atoms with Crippen LogP contribution in [0.2, 0.25) is 0 Å². The first-order valence-corrected chi connectivity index (χ1v) is 5.69. The molecule has 0 fully saturated rings. The predicted octanol–water partition coefficient (Wildman–Crippen LogP) is 4.16. The van der Waals surface area contributed by atoms with Crippen LogP contribution in [0.1, 0.15) is 55.7 Å². The maximum absolute atomic E-state index is 8.89. The maximum atomic E-state index is 8.89. The minimum Gasteiger partial charge on any atom is -0.192 e. The number of nitrogens with zero attached hydrogens (tertiary/aromatic N) is 1. The van der Waals surface area contributed by atoms with Crippen LogP contribution in [0.15, 0.2) is 18.2 Å². The molecule has 80 valence electrons. The van der Waals surface area contributed by atoms with Crippen LogP contribution in [-0.2, 0) is 0 Å². The van der Waals surface area contributed by atoms with Crippen LogP contribution in [0.3, 0.4) is 0 Å². The minimum atomic E-state index is 0.567. The van der Waals surface area contributed by atoms with Gasteiger partial charge in [0.2, 0.25) is 0 Å². The fourth-order valence-corrected chi connectivity index (χ4v) is 1.84. The smallest absolute Gasteiger partial charge is 0.0991 e. The van der Waals surface area contributed by atoms with E-state index in [9.17, 15) is 0 Å². The van der Waals surface area contributed by atoms with Crippen LogP contribution in [0, 0.1) is 18.3 Å². The average molecular weight is 201 g/mol. The van der Waals surface area contributed by atoms with E-state index in [4.69, 9.17) is 5.26 Å². The first-order valence-electron chi connectivity index (χ1n) is 5.69. The molecule has 1 aromatic rings. The van der Waals surface area contributed by atoms with Crippen LogP contribution in [0.4, 0.5) is 0 Å². The van der Waals surface area contributed by atoms with Gasteiger partial charge in [0.25, 0.3) is 0 Å². The molecule has 0 aliphatic heterocycles. The van der Waals surface area contributed by atoms with Gasteiger partial charge in [0.15, 0.2) is 0 Å². The molecule has 0 bridgehead atoms. The summed E-state index contributed by atoms with van der Waals surface area (Å²) in [6.45, 7) is 6.51. The van der Waals surface area contributed by atoms with Crippen molar-refractivity contribution in [2.45, 2.75) is 46.0 Å². The molecule has 0 N–H and O–H groups in total. The van der Waals surface area contributed by atoms with Gasteiger partial charge in [-0.05, 0) is 42.5 Å². The van der Waals surface area contributed by atoms with Gasteiger partial charge >= 0.3 is 0 Å². The Morgan fingerprint density at radius 3 is 2.67 bits per heavy atom. The Bertz CT molecular complexity index is 360. The third-order valence-electron chi connectivity index (χ3n) is 2.79. The summed E-state index contributed by atoms with van der Waals surface area (Å²) in [5, 5.41) is 8.89. The van der Waals surface area contributed by atoms with E-state index in [1.165, 1.54) is 30.4 Å². The summed E-state index contributed by atoms with van der Waals surface area (Å²) < 4.78 is 0. The molecule has 1 aromatic carbocycles. The third kappa shape index (κ3) is 3.40. The quantitative estimate of drug-likeness (QED) is 0.717. The SMILES string of the molecule is CCCCC(C)c1cc(C)cc(C#N)c1. The molecule has 0 heterocycles. The maximum Gasteiger partial charge on any atom is 0.0991 e. The highest BCUT2D eigenvalue weighted by Crippen LogP contribution is 2.23. The highest BCUT2D eigenvalue weighted by molar-refractivity contribution is 5.38. The molecule has 15 heavy (non-hydrogen) atoms. The second-order valence-electron chi connectivity index (χ2n) is 4.29. The van der Waals surface area contributed by atoms with Crippen LogP contribution in [0.5, 0.6) is 0 Å². The van der Waals surface area contributed by atoms with Gasteiger partial charge in [-0.2, -0.15) is 5.26 Å². The minimum absolute atomic E-state index is 0.567. The summed E-state index contributed by atoms with van der Waals surface area (Å²) in [5.74, 6) is 0.567. The van der Waals surface area contributed by atoms with Gasteiger partial charge in [0.05, 0.1) is 11.6 Å². The largest absolute Gasteiger partial charge is 0.192 e. The van der Waals surface area contributed by atoms with Crippen molar-refractivity contribution in [3.05, 3.63) is 34.9 Å². The molecule has 0 aromatic heterocycles. The number of rotatable bonds is 4. The van der Waals surface area contributed by atoms with Gasteiger partial charge in [-0.15, -0.1) is 0 Å². The van der Waals surface area contributed by atoms with E-state index in [2.05, 4.69) is 32.9 Å². The van der Waals surface area contributed by atoms with E-state index in [0.717, 1.165) is 5.56 Å². The Labute approximate surface area is 92.7 Å². The Kier molecular flexibility index (Phi) is 4.37. The molecule has 0 saturated carbocycles. The van der Waals surface area contributed by atoms with E-state index < -0.39 is 0 Å². The van der Waals surface area contributed by atoms with Crippen LogP contribution >= 0.6 is 0 Å². The monoisotopic (exact) mass is 201 g/mol. The molecule has 0 spiro atoms. The molecule has 0 amide bonds. The van der Waals surface area contributed by atoms with Crippen LogP contribution in [0.25, 0.3) is 0 Å². The van der Waals surface area contributed by atoms with Crippen molar-refractivity contribution in [3.8, 4) is 6.07 Å². The number of aryl methyl sites for hydroxylation is 1. The van der Waals surface area contributed by atoms with Crippen molar-refractivity contribution in [1.29, 1.82) is 5.26 Å². The summed E-state index contributed by atoms with van der Waals surface area (Å²) in [6.07, 6.45) is 3.71. The average Bonchev–Trinajstić information content (AvgIpc) is 2.24. The number of hydrogen-bond donors (Lipinski definition) is 0. The predicted molar refractivity (Wildman–Crippen MR) is 63.8 cm³/mol. The van der Waals surface area contributed by atoms with Gasteiger partial charge in [-0.25, -0.2) is 0 Å². The summed E-state index contributed by atoms with van der Waals surface area (Å²) in [7, 11) is 0. The molecule has 1 nitrogen and oxygen atoms in total. The lowest BCUT2D eigenvalue weighted by molar-refractivity contribution is 0.624. The third-order valence-corrected chi connectivity index (χ3v) is 2.79. The van der Waals surface area contributed by atoms with Crippen molar-refractivity contribution in [2.75, 3.05) is 0 Å². The van der Waals surface area contributed by atoms with E-state index in [0.29, 0.717) is 5.92 Å². The zero-order valence-electron chi connectivity index (χ0n) is 9.88. The second-order valence-corrected chi connectivity index (χ2v) is 4.29. The molecule has 1 atom stereocenters. The standard InChI is InChI=1S/C14H19N/c1-4-5-6-12(3)14-8-11(2)7-13(9-14)10-15/h7-9,12H,4-6H2,1-3H3. The molecule has 1 heteroatoms. The lowest BCUT2D eigenvalue weighted by Gasteiger charge is -2.12. The van der Waals surface area contributed by atoms with Crippen molar-refractivity contribution in [3.63, 3.8) is 0 Å². The molecule has 0 aliphatic carbocycles. The summed E-state index contributed by atoms with van der Waals surface area (Å²) in [4.78, 5) is 0. The van der Waals surface area contributed by atoms with Crippen LogP contribution in [-0.4, -0.2) is 0 Å². The Balaban J connectivity index is 2.84. The first kappa shape index (κ1) is 11.8. The van der Waals surface area contributed by atoms with Gasteiger partial charge in [-0.3, -0.25) is 0 Å². The molecule has 0 saturated heterocycles. The lowest BCUT2D eigenvalue weighted by atomic mass is 9.93. The van der Waals surface area contributed by atoms with E-state index >= 15 is 0 Å². The Morgan fingerprint density at radius 1 is 1.33 bits per heavy atom. The fraction of sp³-hybridized carbons (Fsp3) is 0.500. The van der Waals surface area contributed by atoms with Crippen LogP contribution < -0.4 is 0 Å². The number of nitriles is 1. The van der Waals surface area contributed by atoms with E-state index in [-0.39, 0.29) is 0 Å². The number of hydrogen-bond acceptors (Lipinski definition) is 1. The van der Waals surface area contributed by atoms with Gasteiger partial charge in [0, 0.05) is 0 Å². The topological polar surface area (TPSA) is 23.8 Å². The molecular formula is C14H19N. The van der Waals surface area contributed by atoms with Gasteiger partial charge < -0.3 is 0 Å². The van der Waals surface area contributed by atoms with Crippen molar-refractivity contribution < 1.29 is 0 Å². The van der Waals surface area contributed by atoms with Gasteiger partial charge in [-0.1, -0.05) is 32.8 Å². The lowest BCUT2D eigenvalue weighted by Crippen LogP contribution is -1.95. The molecule has 0 aliphatic rings. The first-order chi connectivity index (χ1) is 7.17. The molecule has 1 rings (SSSR count). The van der Waals surface area contributed by atoms with Crippen molar-refractivity contribution >= 4 is 0 Å². The Morgan fingerprint density at radius 2 is 2.07 bits per heavy atom. The zero-order chi connectivity index (χ0) is 11.3. The molecule has 1 unspecified atom stereocenters. The molecule has 0 radical (unpaired) electrons. The number of unbranched alkanes of at least 4 members (excludes halogenated alkanes) is 1. The summed E-state index contributed by atoms with van der Waals surface area (Å²) >= 11 is 0. The van der Waals surface area contributed by atoms with Crippen molar-refractivity contribution in [1.82, 2.24) is 0 Å². The van der Waals surface area contributed by atoms with Crippen molar-refractivity contribution in [2.24, 2.45) is 0 Å². The van der Waals surface area contributed by atoms with E-state index in [1.807, 2.05) is 12.1 Å². The zero-order valence-corrected chi connectivity index (χ0v) is 9.88. The summed E-state index contributed by atoms with van der Waals surface area (Å²) in [6, 6.07) is 8.38. The highest BCUT2D eigenvalue weighted by Gasteiger charge is 2.06.